The maximum absolute atomic E-state index is 12.3. The molecule has 2 aromatic rings. The summed E-state index contributed by atoms with van der Waals surface area (Å²) < 4.78 is 1.11. The minimum absolute atomic E-state index is 0.0215. The van der Waals surface area contributed by atoms with Crippen LogP contribution in [0, 0.1) is 0 Å². The van der Waals surface area contributed by atoms with Gasteiger partial charge in [-0.05, 0) is 49.4 Å². The predicted octanol–water partition coefficient (Wildman–Crippen LogP) is 3.55. The lowest BCUT2D eigenvalue weighted by Gasteiger charge is -2.24. The zero-order valence-electron chi connectivity index (χ0n) is 11.0. The van der Waals surface area contributed by atoms with E-state index in [-0.39, 0.29) is 11.4 Å². The van der Waals surface area contributed by atoms with Crippen LogP contribution in [-0.2, 0) is 0 Å². The highest BCUT2D eigenvalue weighted by molar-refractivity contribution is 7.20. The first-order valence-corrected chi connectivity index (χ1v) is 7.49. The van der Waals surface area contributed by atoms with Crippen LogP contribution < -0.4 is 11.1 Å². The minimum Gasteiger partial charge on any atom is -0.399 e. The Bertz CT molecular complexity index is 626. The van der Waals surface area contributed by atoms with E-state index in [2.05, 4.69) is 12.2 Å². The molecule has 0 radical (unpaired) electrons. The number of fused-ring (bicyclic) bond motifs is 1. The smallest absolute Gasteiger partial charge is 0.261 e. The topological polar surface area (TPSA) is 55.1 Å². The Labute approximate surface area is 116 Å². The number of benzene rings is 1. The van der Waals surface area contributed by atoms with Gasteiger partial charge in [-0.25, -0.2) is 0 Å². The van der Waals surface area contributed by atoms with Crippen LogP contribution in [0.5, 0.6) is 0 Å². The Morgan fingerprint density at radius 1 is 1.32 bits per heavy atom. The van der Waals surface area contributed by atoms with Crippen LogP contribution in [0.25, 0.3) is 10.1 Å². The Morgan fingerprint density at radius 3 is 2.79 bits per heavy atom. The summed E-state index contributed by atoms with van der Waals surface area (Å²) in [7, 11) is 0. The van der Waals surface area contributed by atoms with Crippen LogP contribution in [0.4, 0.5) is 5.69 Å². The Hall–Kier alpha value is -1.55. The molecular weight excluding hydrogens is 256 g/mol. The average molecular weight is 274 g/mol. The molecule has 4 heteroatoms. The van der Waals surface area contributed by atoms with E-state index in [4.69, 9.17) is 5.73 Å². The van der Waals surface area contributed by atoms with Gasteiger partial charge in [-0.15, -0.1) is 11.3 Å². The average Bonchev–Trinajstić information content (AvgIpc) is 2.95. The van der Waals surface area contributed by atoms with Gasteiger partial charge >= 0.3 is 0 Å². The van der Waals surface area contributed by atoms with Crippen LogP contribution in [0.1, 0.15) is 42.3 Å². The second-order valence-electron chi connectivity index (χ2n) is 5.63. The van der Waals surface area contributed by atoms with E-state index >= 15 is 0 Å². The van der Waals surface area contributed by atoms with E-state index in [0.717, 1.165) is 33.5 Å². The van der Waals surface area contributed by atoms with Crippen molar-refractivity contribution < 1.29 is 4.79 Å². The number of thiophene rings is 1. The maximum Gasteiger partial charge on any atom is 0.261 e. The second kappa shape index (κ2) is 4.53. The van der Waals surface area contributed by atoms with E-state index in [1.54, 1.807) is 0 Å². The predicted molar refractivity (Wildman–Crippen MR) is 80.6 cm³/mol. The highest BCUT2D eigenvalue weighted by Gasteiger charge is 2.30. The van der Waals surface area contributed by atoms with Gasteiger partial charge in [-0.2, -0.15) is 0 Å². The number of carbonyl (C=O) groups excluding carboxylic acids is 1. The van der Waals surface area contributed by atoms with Gasteiger partial charge in [0.05, 0.1) is 4.88 Å². The SMILES string of the molecule is CC1(NC(=O)c2cc3cc(N)ccc3s2)CCCC1. The molecule has 1 aromatic heterocycles. The van der Waals surface area contributed by atoms with Crippen molar-refractivity contribution in [3.05, 3.63) is 29.1 Å². The van der Waals surface area contributed by atoms with Gasteiger partial charge in [0, 0.05) is 15.9 Å². The molecule has 0 saturated heterocycles. The molecule has 1 aliphatic rings. The van der Waals surface area contributed by atoms with E-state index in [1.807, 2.05) is 24.3 Å². The van der Waals surface area contributed by atoms with Crippen LogP contribution in [-0.4, -0.2) is 11.4 Å². The highest BCUT2D eigenvalue weighted by Crippen LogP contribution is 2.31. The van der Waals surface area contributed by atoms with E-state index in [9.17, 15) is 4.79 Å². The maximum atomic E-state index is 12.3. The molecule has 1 fully saturated rings. The fraction of sp³-hybridized carbons (Fsp3) is 0.400. The number of nitrogen functional groups attached to an aromatic ring is 1. The van der Waals surface area contributed by atoms with E-state index in [0.29, 0.717) is 0 Å². The molecule has 19 heavy (non-hydrogen) atoms. The van der Waals surface area contributed by atoms with Crippen molar-refractivity contribution in [1.29, 1.82) is 0 Å². The largest absolute Gasteiger partial charge is 0.399 e. The van der Waals surface area contributed by atoms with Crippen molar-refractivity contribution in [2.24, 2.45) is 0 Å². The minimum atomic E-state index is -0.0215. The first-order valence-electron chi connectivity index (χ1n) is 6.67. The molecule has 1 heterocycles. The lowest BCUT2D eigenvalue weighted by atomic mass is 10.0. The number of anilines is 1. The van der Waals surface area contributed by atoms with Crippen molar-refractivity contribution in [3.8, 4) is 0 Å². The summed E-state index contributed by atoms with van der Waals surface area (Å²) in [4.78, 5) is 13.1. The summed E-state index contributed by atoms with van der Waals surface area (Å²) in [5, 5.41) is 4.24. The Morgan fingerprint density at radius 2 is 2.05 bits per heavy atom. The van der Waals surface area contributed by atoms with Crippen molar-refractivity contribution in [3.63, 3.8) is 0 Å². The van der Waals surface area contributed by atoms with E-state index in [1.165, 1.54) is 24.2 Å². The van der Waals surface area contributed by atoms with Gasteiger partial charge < -0.3 is 11.1 Å². The molecule has 3 nitrogen and oxygen atoms in total. The first-order chi connectivity index (χ1) is 9.06. The molecule has 0 atom stereocenters. The molecule has 0 bridgehead atoms. The summed E-state index contributed by atoms with van der Waals surface area (Å²) in [6.45, 7) is 2.14. The molecule has 0 unspecified atom stereocenters. The summed E-state index contributed by atoms with van der Waals surface area (Å²) >= 11 is 1.53. The van der Waals surface area contributed by atoms with E-state index < -0.39 is 0 Å². The van der Waals surface area contributed by atoms with Crippen LogP contribution >= 0.6 is 11.3 Å². The Kier molecular flexibility index (Phi) is 2.97. The lowest BCUT2D eigenvalue weighted by Crippen LogP contribution is -2.43. The monoisotopic (exact) mass is 274 g/mol. The van der Waals surface area contributed by atoms with Gasteiger partial charge in [0.25, 0.3) is 5.91 Å². The van der Waals surface area contributed by atoms with Gasteiger partial charge in [-0.1, -0.05) is 12.8 Å². The third-order valence-electron chi connectivity index (χ3n) is 3.89. The zero-order valence-corrected chi connectivity index (χ0v) is 11.8. The summed E-state index contributed by atoms with van der Waals surface area (Å²) in [6, 6.07) is 7.70. The summed E-state index contributed by atoms with van der Waals surface area (Å²) in [5.74, 6) is 0.0455. The van der Waals surface area contributed by atoms with Gasteiger partial charge in [0.1, 0.15) is 0 Å². The standard InChI is InChI=1S/C15H18N2OS/c1-15(6-2-3-7-15)17-14(18)13-9-10-8-11(16)4-5-12(10)19-13/h4-5,8-9H,2-3,6-7,16H2,1H3,(H,17,18). The second-order valence-corrected chi connectivity index (χ2v) is 6.71. The number of hydrogen-bond acceptors (Lipinski definition) is 3. The van der Waals surface area contributed by atoms with Gasteiger partial charge in [0.2, 0.25) is 0 Å². The fourth-order valence-electron chi connectivity index (χ4n) is 2.79. The number of nitrogens with one attached hydrogen (secondary N) is 1. The van der Waals surface area contributed by atoms with Gasteiger partial charge in [-0.3, -0.25) is 4.79 Å². The van der Waals surface area contributed by atoms with Crippen LogP contribution in [0.15, 0.2) is 24.3 Å². The quantitative estimate of drug-likeness (QED) is 0.823. The number of rotatable bonds is 2. The normalized spacial score (nSPS) is 17.7. The highest BCUT2D eigenvalue weighted by atomic mass is 32.1. The molecular formula is C15H18N2OS. The van der Waals surface area contributed by atoms with Crippen molar-refractivity contribution >= 4 is 33.0 Å². The molecule has 1 aromatic carbocycles. The van der Waals surface area contributed by atoms with Gasteiger partial charge in [0.15, 0.2) is 0 Å². The Balaban J connectivity index is 1.85. The molecule has 0 spiro atoms. The third kappa shape index (κ3) is 2.45. The number of nitrogens with two attached hydrogens (primary N) is 1. The van der Waals surface area contributed by atoms with Crippen molar-refractivity contribution in [2.75, 3.05) is 5.73 Å². The lowest BCUT2D eigenvalue weighted by molar-refractivity contribution is 0.0912. The van der Waals surface area contributed by atoms with Crippen LogP contribution in [0.2, 0.25) is 0 Å². The molecule has 0 aliphatic heterocycles. The molecule has 1 amide bonds. The zero-order chi connectivity index (χ0) is 13.5. The fourth-order valence-corrected chi connectivity index (χ4v) is 3.73. The number of carbonyl (C=O) groups is 1. The molecule has 3 rings (SSSR count). The van der Waals surface area contributed by atoms with Crippen LogP contribution in [0.3, 0.4) is 0 Å². The number of amides is 1. The molecule has 1 aliphatic carbocycles. The first kappa shape index (κ1) is 12.5. The third-order valence-corrected chi connectivity index (χ3v) is 5.00. The van der Waals surface area contributed by atoms with Crippen molar-refractivity contribution in [1.82, 2.24) is 5.32 Å². The molecule has 1 saturated carbocycles. The molecule has 100 valence electrons. The van der Waals surface area contributed by atoms with Crippen molar-refractivity contribution in [2.45, 2.75) is 38.1 Å². The number of hydrogen-bond donors (Lipinski definition) is 2. The summed E-state index contributed by atoms with van der Waals surface area (Å²) in [6.07, 6.45) is 4.58. The summed E-state index contributed by atoms with van der Waals surface area (Å²) in [5.41, 5.74) is 6.48. The molecule has 3 N–H and O–H groups in total.